The Kier molecular flexibility index (Phi) is 5.98. The van der Waals surface area contributed by atoms with Crippen molar-refractivity contribution in [1.29, 1.82) is 0 Å². The largest absolute Gasteiger partial charge is 0.0616 e. The van der Waals surface area contributed by atoms with Crippen LogP contribution in [0.4, 0.5) is 0 Å². The van der Waals surface area contributed by atoms with E-state index in [2.05, 4.69) is 182 Å². The zero-order valence-electron chi connectivity index (χ0n) is 26.3. The Hall–Kier alpha value is -6.24. The molecule has 0 N–H and O–H groups in total. The summed E-state index contributed by atoms with van der Waals surface area (Å²) in [7, 11) is 0. The second kappa shape index (κ2) is 10.7. The molecule has 0 aliphatic carbocycles. The summed E-state index contributed by atoms with van der Waals surface area (Å²) < 4.78 is 0. The fourth-order valence-electron chi connectivity index (χ4n) is 8.10. The summed E-state index contributed by atoms with van der Waals surface area (Å²) in [6, 6.07) is 67.2. The summed E-state index contributed by atoms with van der Waals surface area (Å²) in [6.07, 6.45) is 0. The molecule has 0 aromatic heterocycles. The second-order valence-electron chi connectivity index (χ2n) is 12.8. The van der Waals surface area contributed by atoms with Gasteiger partial charge in [0.2, 0.25) is 0 Å². The van der Waals surface area contributed by atoms with Crippen LogP contribution in [0.25, 0.3) is 98.0 Å². The lowest BCUT2D eigenvalue weighted by Gasteiger charge is -2.20. The van der Waals surface area contributed by atoms with Gasteiger partial charge in [0.05, 0.1) is 0 Å². The molecule has 0 nitrogen and oxygen atoms in total. The average Bonchev–Trinajstić information content (AvgIpc) is 3.16. The summed E-state index contributed by atoms with van der Waals surface area (Å²) >= 11 is 0. The van der Waals surface area contributed by atoms with Gasteiger partial charge in [-0.15, -0.1) is 0 Å². The molecule has 0 saturated heterocycles. The van der Waals surface area contributed by atoms with Gasteiger partial charge in [0, 0.05) is 0 Å². The Morgan fingerprint density at radius 1 is 0.208 bits per heavy atom. The maximum atomic E-state index is 2.40. The fourth-order valence-corrected chi connectivity index (χ4v) is 8.10. The minimum atomic E-state index is 1.24. The number of benzene rings is 10. The summed E-state index contributed by atoms with van der Waals surface area (Å²) in [6.45, 7) is 0. The normalized spacial score (nSPS) is 11.8. The molecular weight excluding hydrogens is 577 g/mol. The van der Waals surface area contributed by atoms with Gasteiger partial charge in [-0.3, -0.25) is 0 Å². The van der Waals surface area contributed by atoms with Crippen molar-refractivity contribution in [2.75, 3.05) is 0 Å². The first-order valence-electron chi connectivity index (χ1n) is 16.7. The standard InChI is InChI=1S/C48H30/c1-2-15-33-30-46-34(29-32(33)14-1)27-28-45(36-24-11-16-31-13-3-4-17-35(31)36)48(46)42-23-10-8-21-40(42)44-26-12-25-43-39-19-6-5-18-37(39)38-20-7-9-22-41(38)47(43)44/h1-30H. The van der Waals surface area contributed by atoms with Crippen LogP contribution in [0.2, 0.25) is 0 Å². The van der Waals surface area contributed by atoms with Gasteiger partial charge >= 0.3 is 0 Å². The van der Waals surface area contributed by atoms with Gasteiger partial charge in [0.1, 0.15) is 0 Å². The minimum Gasteiger partial charge on any atom is -0.0616 e. The fraction of sp³-hybridized carbons (Fsp3) is 0. The number of hydrogen-bond acceptors (Lipinski definition) is 0. The molecule has 0 aliphatic heterocycles. The first-order valence-corrected chi connectivity index (χ1v) is 16.7. The molecule has 0 amide bonds. The molecule has 0 heterocycles. The van der Waals surface area contributed by atoms with Crippen molar-refractivity contribution in [1.82, 2.24) is 0 Å². The smallest absolute Gasteiger partial charge is 0.00201 e. The molecule has 222 valence electrons. The van der Waals surface area contributed by atoms with Gasteiger partial charge in [-0.1, -0.05) is 170 Å². The topological polar surface area (TPSA) is 0 Å². The Labute approximate surface area is 279 Å². The summed E-state index contributed by atoms with van der Waals surface area (Å²) in [5.41, 5.74) is 7.51. The van der Waals surface area contributed by atoms with E-state index in [0.29, 0.717) is 0 Å². The zero-order valence-corrected chi connectivity index (χ0v) is 26.3. The lowest BCUT2D eigenvalue weighted by atomic mass is 9.82. The van der Waals surface area contributed by atoms with E-state index >= 15 is 0 Å². The van der Waals surface area contributed by atoms with Crippen molar-refractivity contribution in [3.63, 3.8) is 0 Å². The van der Waals surface area contributed by atoms with E-state index in [4.69, 9.17) is 0 Å². The number of hydrogen-bond donors (Lipinski definition) is 0. The summed E-state index contributed by atoms with van der Waals surface area (Å²) in [4.78, 5) is 0. The SMILES string of the molecule is c1ccc(-c2cccc3c4ccccc4c4ccccc4c23)c(-c2c(-c3cccc4ccccc34)ccc3cc4ccccc4cc23)c1. The van der Waals surface area contributed by atoms with Gasteiger partial charge in [-0.05, 0) is 110 Å². The van der Waals surface area contributed by atoms with E-state index in [1.54, 1.807) is 0 Å². The van der Waals surface area contributed by atoms with E-state index in [9.17, 15) is 0 Å². The third kappa shape index (κ3) is 4.03. The Balaban J connectivity index is 1.36. The first-order chi connectivity index (χ1) is 23.8. The monoisotopic (exact) mass is 606 g/mol. The van der Waals surface area contributed by atoms with Crippen molar-refractivity contribution >= 4 is 64.6 Å². The highest BCUT2D eigenvalue weighted by Crippen LogP contribution is 2.47. The molecule has 0 atom stereocenters. The van der Waals surface area contributed by atoms with E-state index in [1.807, 2.05) is 0 Å². The van der Waals surface area contributed by atoms with Crippen molar-refractivity contribution in [2.24, 2.45) is 0 Å². The molecule has 10 rings (SSSR count). The molecule has 48 heavy (non-hydrogen) atoms. The van der Waals surface area contributed by atoms with Crippen molar-refractivity contribution in [2.45, 2.75) is 0 Å². The second-order valence-corrected chi connectivity index (χ2v) is 12.8. The van der Waals surface area contributed by atoms with Crippen LogP contribution in [0.5, 0.6) is 0 Å². The Morgan fingerprint density at radius 3 is 1.44 bits per heavy atom. The van der Waals surface area contributed by atoms with Crippen LogP contribution in [0, 0.1) is 0 Å². The molecule has 10 aromatic rings. The lowest BCUT2D eigenvalue weighted by Crippen LogP contribution is -1.93. The van der Waals surface area contributed by atoms with Crippen molar-refractivity contribution in [3.05, 3.63) is 182 Å². The van der Waals surface area contributed by atoms with Gasteiger partial charge in [0.15, 0.2) is 0 Å². The molecule has 0 aliphatic rings. The summed E-state index contributed by atoms with van der Waals surface area (Å²) in [5, 5.41) is 15.3. The van der Waals surface area contributed by atoms with E-state index in [-0.39, 0.29) is 0 Å². The van der Waals surface area contributed by atoms with Gasteiger partial charge in [-0.2, -0.15) is 0 Å². The highest BCUT2D eigenvalue weighted by atomic mass is 14.2. The molecule has 0 unspecified atom stereocenters. The third-order valence-electron chi connectivity index (χ3n) is 10.2. The highest BCUT2D eigenvalue weighted by Gasteiger charge is 2.20. The summed E-state index contributed by atoms with van der Waals surface area (Å²) in [5.74, 6) is 0. The van der Waals surface area contributed by atoms with Crippen LogP contribution in [0.1, 0.15) is 0 Å². The Bertz CT molecular complexity index is 2840. The van der Waals surface area contributed by atoms with Gasteiger partial charge in [-0.25, -0.2) is 0 Å². The van der Waals surface area contributed by atoms with Crippen LogP contribution in [-0.4, -0.2) is 0 Å². The van der Waals surface area contributed by atoms with Crippen LogP contribution >= 0.6 is 0 Å². The third-order valence-corrected chi connectivity index (χ3v) is 10.2. The minimum absolute atomic E-state index is 1.24. The van der Waals surface area contributed by atoms with Gasteiger partial charge < -0.3 is 0 Å². The van der Waals surface area contributed by atoms with E-state index < -0.39 is 0 Å². The molecule has 0 heteroatoms. The predicted molar refractivity (Wildman–Crippen MR) is 208 cm³/mol. The zero-order chi connectivity index (χ0) is 31.6. The Morgan fingerprint density at radius 2 is 0.688 bits per heavy atom. The first kappa shape index (κ1) is 26.9. The van der Waals surface area contributed by atoms with Crippen LogP contribution in [0.15, 0.2) is 182 Å². The highest BCUT2D eigenvalue weighted by molar-refractivity contribution is 6.29. The van der Waals surface area contributed by atoms with Crippen LogP contribution in [-0.2, 0) is 0 Å². The molecule has 0 spiro atoms. The molecule has 0 fully saturated rings. The van der Waals surface area contributed by atoms with Crippen LogP contribution < -0.4 is 0 Å². The van der Waals surface area contributed by atoms with Gasteiger partial charge in [0.25, 0.3) is 0 Å². The van der Waals surface area contributed by atoms with Crippen LogP contribution in [0.3, 0.4) is 0 Å². The van der Waals surface area contributed by atoms with Crippen molar-refractivity contribution in [3.8, 4) is 33.4 Å². The maximum Gasteiger partial charge on any atom is -0.00201 e. The molecule has 0 radical (unpaired) electrons. The molecule has 0 bridgehead atoms. The maximum absolute atomic E-state index is 2.40. The average molecular weight is 607 g/mol. The van der Waals surface area contributed by atoms with Crippen molar-refractivity contribution < 1.29 is 0 Å². The lowest BCUT2D eigenvalue weighted by molar-refractivity contribution is 1.61. The number of rotatable bonds is 3. The molecule has 10 aromatic carbocycles. The predicted octanol–water partition coefficient (Wildman–Crippen LogP) is 13.6. The molecule has 0 saturated carbocycles. The number of fused-ring (bicyclic) bond motifs is 9. The quantitative estimate of drug-likeness (QED) is 0.139. The van der Waals surface area contributed by atoms with E-state index in [1.165, 1.54) is 98.0 Å². The van der Waals surface area contributed by atoms with E-state index in [0.717, 1.165) is 0 Å². The molecular formula is C48H30.